The van der Waals surface area contributed by atoms with Crippen molar-refractivity contribution in [2.75, 3.05) is 0 Å². The van der Waals surface area contributed by atoms with Crippen LogP contribution in [0.4, 0.5) is 0 Å². The molecule has 1 atom stereocenters. The first-order valence-electron chi connectivity index (χ1n) is 1.70. The minimum Gasteiger partial charge on any atom is -0.0894 e. The van der Waals surface area contributed by atoms with Crippen molar-refractivity contribution in [3.8, 4) is 0 Å². The predicted octanol–water partition coefficient (Wildman–Crippen LogP) is 1.99. The lowest BCUT2D eigenvalue weighted by Crippen LogP contribution is -1.80. The topological polar surface area (TPSA) is 0 Å². The van der Waals surface area contributed by atoms with Gasteiger partial charge >= 0.3 is 0 Å². The molecule has 1 radical (unpaired) electrons. The van der Waals surface area contributed by atoms with Crippen LogP contribution in [0.5, 0.6) is 0 Å². The highest BCUT2D eigenvalue weighted by molar-refractivity contribution is 9.09. The Morgan fingerprint density at radius 2 is 2.20 bits per heavy atom. The fourth-order valence-electron chi connectivity index (χ4n) is 0. The summed E-state index contributed by atoms with van der Waals surface area (Å²) in [5, 5.41) is 0. The molecule has 0 amide bonds. The predicted molar refractivity (Wildman–Crippen MR) is 28.4 cm³/mol. The summed E-state index contributed by atoms with van der Waals surface area (Å²) in [7, 11) is 0. The van der Waals surface area contributed by atoms with Crippen LogP contribution < -0.4 is 0 Å². The van der Waals surface area contributed by atoms with Crippen molar-refractivity contribution in [3.63, 3.8) is 0 Å². The van der Waals surface area contributed by atoms with Gasteiger partial charge in [0.15, 0.2) is 0 Å². The van der Waals surface area contributed by atoms with E-state index < -0.39 is 0 Å². The lowest BCUT2D eigenvalue weighted by molar-refractivity contribution is 0.998. The van der Waals surface area contributed by atoms with Crippen LogP contribution in [0.1, 0.15) is 13.3 Å². The Balaban J connectivity index is 2.54. The number of hydrogen-bond donors (Lipinski definition) is 0. The van der Waals surface area contributed by atoms with Crippen LogP contribution in [-0.4, -0.2) is 4.83 Å². The van der Waals surface area contributed by atoms with Crippen LogP contribution in [0.25, 0.3) is 0 Å². The molecule has 0 aromatic carbocycles. The normalized spacial score (nSPS) is 15.0. The number of hydrogen-bond acceptors (Lipinski definition) is 0. The third-order valence-corrected chi connectivity index (χ3v) is 0.856. The maximum absolute atomic E-state index is 3.64. The first-order valence-corrected chi connectivity index (χ1v) is 2.62. The van der Waals surface area contributed by atoms with Crippen LogP contribution in [0.3, 0.4) is 0 Å². The van der Waals surface area contributed by atoms with Crippen molar-refractivity contribution in [1.82, 2.24) is 0 Å². The van der Waals surface area contributed by atoms with Gasteiger partial charge in [-0.1, -0.05) is 29.8 Å². The van der Waals surface area contributed by atoms with E-state index in [1.54, 1.807) is 0 Å². The zero-order chi connectivity index (χ0) is 4.28. The van der Waals surface area contributed by atoms with E-state index in [-0.39, 0.29) is 0 Å². The maximum Gasteiger partial charge on any atom is 0.0117 e. The summed E-state index contributed by atoms with van der Waals surface area (Å²) < 4.78 is 0. The van der Waals surface area contributed by atoms with Gasteiger partial charge < -0.3 is 0 Å². The monoisotopic (exact) mass is 135 g/mol. The average Bonchev–Trinajstić information content (AvgIpc) is 1.38. The molecule has 0 bridgehead atoms. The summed E-state index contributed by atoms with van der Waals surface area (Å²) in [6.07, 6.45) is 0.972. The van der Waals surface area contributed by atoms with Gasteiger partial charge in [0.2, 0.25) is 0 Å². The zero-order valence-electron chi connectivity index (χ0n) is 3.37. The van der Waals surface area contributed by atoms with Crippen LogP contribution in [0.15, 0.2) is 0 Å². The summed E-state index contributed by atoms with van der Waals surface area (Å²) in [5.41, 5.74) is 0. The average molecular weight is 136 g/mol. The molecule has 0 heterocycles. The molecule has 1 unspecified atom stereocenters. The van der Waals surface area contributed by atoms with Gasteiger partial charge in [-0.05, 0) is 6.42 Å². The highest BCUT2D eigenvalue weighted by Crippen LogP contribution is 1.98. The highest BCUT2D eigenvalue weighted by atomic mass is 79.9. The fourth-order valence-corrected chi connectivity index (χ4v) is 0. The van der Waals surface area contributed by atoms with Crippen LogP contribution in [0, 0.1) is 6.92 Å². The van der Waals surface area contributed by atoms with E-state index in [1.165, 1.54) is 0 Å². The molecule has 1 heteroatoms. The minimum atomic E-state index is 0.586. The third-order valence-electron chi connectivity index (χ3n) is 0.398. The molecule has 0 aromatic rings. The van der Waals surface area contributed by atoms with Gasteiger partial charge in [0, 0.05) is 4.83 Å². The Kier molecular flexibility index (Phi) is 2.96. The molecule has 0 nitrogen and oxygen atoms in total. The van der Waals surface area contributed by atoms with Gasteiger partial charge in [-0.3, -0.25) is 0 Å². The Hall–Kier alpha value is 0.480. The highest BCUT2D eigenvalue weighted by Gasteiger charge is 1.82. The molecule has 0 aliphatic heterocycles. The standard InChI is InChI=1S/C4H8Br/c1-3-4(2)5/h4H,1,3H2,2H3. The van der Waals surface area contributed by atoms with Crippen molar-refractivity contribution in [2.24, 2.45) is 0 Å². The SMILES string of the molecule is [CH2]CC(C)Br. The van der Waals surface area contributed by atoms with Crippen molar-refractivity contribution in [2.45, 2.75) is 18.2 Å². The molecule has 0 saturated carbocycles. The van der Waals surface area contributed by atoms with E-state index in [1.807, 2.05) is 0 Å². The Morgan fingerprint density at radius 3 is 2.20 bits per heavy atom. The Labute approximate surface area is 41.7 Å². The van der Waals surface area contributed by atoms with E-state index in [0.717, 1.165) is 6.42 Å². The quantitative estimate of drug-likeness (QED) is 0.483. The van der Waals surface area contributed by atoms with Gasteiger partial charge in [-0.15, -0.1) is 0 Å². The molecule has 0 saturated heterocycles. The summed E-state index contributed by atoms with van der Waals surface area (Å²) in [6, 6.07) is 0. The molecular weight excluding hydrogens is 128 g/mol. The zero-order valence-corrected chi connectivity index (χ0v) is 4.96. The second-order valence-corrected chi connectivity index (χ2v) is 2.63. The van der Waals surface area contributed by atoms with E-state index in [0.29, 0.717) is 4.83 Å². The van der Waals surface area contributed by atoms with Crippen molar-refractivity contribution in [1.29, 1.82) is 0 Å². The lowest BCUT2D eigenvalue weighted by atomic mass is 10.4. The van der Waals surface area contributed by atoms with Crippen molar-refractivity contribution in [3.05, 3.63) is 6.92 Å². The molecule has 0 spiro atoms. The second-order valence-electron chi connectivity index (χ2n) is 1.07. The molecule has 0 fully saturated rings. The Morgan fingerprint density at radius 1 is 2.00 bits per heavy atom. The summed E-state index contributed by atoms with van der Waals surface area (Å²) in [6.45, 7) is 5.71. The Bertz CT molecular complexity index is 17.6. The van der Waals surface area contributed by atoms with Gasteiger partial charge in [0.25, 0.3) is 0 Å². The van der Waals surface area contributed by atoms with Crippen LogP contribution >= 0.6 is 15.9 Å². The van der Waals surface area contributed by atoms with Gasteiger partial charge in [-0.25, -0.2) is 0 Å². The van der Waals surface area contributed by atoms with Crippen LogP contribution in [-0.2, 0) is 0 Å². The van der Waals surface area contributed by atoms with E-state index in [9.17, 15) is 0 Å². The summed E-state index contributed by atoms with van der Waals surface area (Å²) in [4.78, 5) is 0.586. The van der Waals surface area contributed by atoms with Gasteiger partial charge in [-0.2, -0.15) is 0 Å². The molecule has 0 aromatic heterocycles. The number of alkyl halides is 1. The van der Waals surface area contributed by atoms with Crippen molar-refractivity contribution < 1.29 is 0 Å². The van der Waals surface area contributed by atoms with Crippen molar-refractivity contribution >= 4 is 15.9 Å². The summed E-state index contributed by atoms with van der Waals surface area (Å²) >= 11 is 3.31. The van der Waals surface area contributed by atoms with E-state index in [2.05, 4.69) is 29.8 Å². The van der Waals surface area contributed by atoms with Crippen LogP contribution in [0.2, 0.25) is 0 Å². The van der Waals surface area contributed by atoms with E-state index in [4.69, 9.17) is 0 Å². The smallest absolute Gasteiger partial charge is 0.0117 e. The van der Waals surface area contributed by atoms with E-state index >= 15 is 0 Å². The number of rotatable bonds is 1. The maximum atomic E-state index is 3.64. The fraction of sp³-hybridized carbons (Fsp3) is 0.750. The largest absolute Gasteiger partial charge is 0.0894 e. The second kappa shape index (κ2) is 2.70. The molecule has 0 aliphatic rings. The molecule has 0 aliphatic carbocycles. The first kappa shape index (κ1) is 5.48. The first-order chi connectivity index (χ1) is 2.27. The van der Waals surface area contributed by atoms with Gasteiger partial charge in [0.1, 0.15) is 0 Å². The summed E-state index contributed by atoms with van der Waals surface area (Å²) in [5.74, 6) is 0. The number of halogens is 1. The molecule has 5 heavy (non-hydrogen) atoms. The third kappa shape index (κ3) is 4.48. The lowest BCUT2D eigenvalue weighted by Gasteiger charge is -1.87. The molecular formula is C4H8Br. The molecule has 0 rings (SSSR count). The minimum absolute atomic E-state index is 0.586. The molecule has 31 valence electrons. The van der Waals surface area contributed by atoms with Gasteiger partial charge in [0.05, 0.1) is 0 Å². The molecule has 0 N–H and O–H groups in total.